The second kappa shape index (κ2) is 5.33. The Morgan fingerprint density at radius 1 is 1.35 bits per heavy atom. The molecule has 0 aromatic carbocycles. The fraction of sp³-hybridized carbons (Fsp3) is 0.818. The number of piperidine rings is 1. The minimum Gasteiger partial charge on any atom is -0.338 e. The Bertz CT molecular complexity index is 366. The standard InChI is InChI=1S/C11H18N4O.ClH/c12-9-2-1-5-15(6-9)7-10-13-11(14-16-10)8-3-4-8;/h8-9H,1-7,12H2;1H/t9-;/m1./s1. The number of hydrogen-bond acceptors (Lipinski definition) is 5. The monoisotopic (exact) mass is 258 g/mol. The summed E-state index contributed by atoms with van der Waals surface area (Å²) in [5.41, 5.74) is 5.93. The molecule has 1 aliphatic carbocycles. The molecule has 0 bridgehead atoms. The van der Waals surface area contributed by atoms with Crippen molar-refractivity contribution in [2.75, 3.05) is 13.1 Å². The van der Waals surface area contributed by atoms with Gasteiger partial charge >= 0.3 is 0 Å². The molecular formula is C11H19ClN4O. The van der Waals surface area contributed by atoms with Gasteiger partial charge in [0.1, 0.15) is 0 Å². The summed E-state index contributed by atoms with van der Waals surface area (Å²) in [5, 5.41) is 4.02. The minimum atomic E-state index is 0. The SMILES string of the molecule is Cl.N[C@@H]1CCCN(Cc2nc(C3CC3)no2)C1. The predicted molar refractivity (Wildman–Crippen MR) is 66.0 cm³/mol. The molecular weight excluding hydrogens is 240 g/mol. The van der Waals surface area contributed by atoms with Gasteiger partial charge in [0.05, 0.1) is 6.54 Å². The maximum absolute atomic E-state index is 5.93. The summed E-state index contributed by atoms with van der Waals surface area (Å²) in [6, 6.07) is 0.305. The Balaban J connectivity index is 0.00000108. The maximum Gasteiger partial charge on any atom is 0.240 e. The third-order valence-electron chi connectivity index (χ3n) is 3.33. The van der Waals surface area contributed by atoms with Gasteiger partial charge in [0.15, 0.2) is 5.82 Å². The summed E-state index contributed by atoms with van der Waals surface area (Å²) < 4.78 is 5.26. The molecule has 2 fully saturated rings. The molecule has 2 heterocycles. The molecule has 0 amide bonds. The lowest BCUT2D eigenvalue weighted by Crippen LogP contribution is -2.42. The first-order valence-corrected chi connectivity index (χ1v) is 6.11. The highest BCUT2D eigenvalue weighted by molar-refractivity contribution is 5.85. The number of likely N-dealkylation sites (tertiary alicyclic amines) is 1. The van der Waals surface area contributed by atoms with Crippen molar-refractivity contribution in [3.63, 3.8) is 0 Å². The highest BCUT2D eigenvalue weighted by atomic mass is 35.5. The average molecular weight is 259 g/mol. The van der Waals surface area contributed by atoms with Crippen LogP contribution in [0.5, 0.6) is 0 Å². The lowest BCUT2D eigenvalue weighted by Gasteiger charge is -2.29. The normalized spacial score (nSPS) is 25.6. The molecule has 0 radical (unpaired) electrons. The van der Waals surface area contributed by atoms with Gasteiger partial charge in [-0.15, -0.1) is 12.4 Å². The van der Waals surface area contributed by atoms with Gasteiger partial charge in [-0.3, -0.25) is 4.90 Å². The van der Waals surface area contributed by atoms with E-state index < -0.39 is 0 Å². The number of aromatic nitrogens is 2. The fourth-order valence-corrected chi connectivity index (χ4v) is 2.27. The third kappa shape index (κ3) is 3.18. The minimum absolute atomic E-state index is 0. The number of halogens is 1. The fourth-order valence-electron chi connectivity index (χ4n) is 2.27. The van der Waals surface area contributed by atoms with Crippen LogP contribution in [-0.2, 0) is 6.54 Å². The van der Waals surface area contributed by atoms with Gasteiger partial charge < -0.3 is 10.3 Å². The Kier molecular flexibility index (Phi) is 4.01. The largest absolute Gasteiger partial charge is 0.338 e. The van der Waals surface area contributed by atoms with Crippen LogP contribution < -0.4 is 5.73 Å². The van der Waals surface area contributed by atoms with Crippen LogP contribution in [0.25, 0.3) is 0 Å². The molecule has 0 spiro atoms. The molecule has 1 aromatic heterocycles. The smallest absolute Gasteiger partial charge is 0.240 e. The lowest BCUT2D eigenvalue weighted by molar-refractivity contribution is 0.178. The Morgan fingerprint density at radius 2 is 2.18 bits per heavy atom. The Hall–Kier alpha value is -0.650. The summed E-state index contributed by atoms with van der Waals surface area (Å²) in [5.74, 6) is 2.22. The van der Waals surface area contributed by atoms with Crippen molar-refractivity contribution >= 4 is 12.4 Å². The van der Waals surface area contributed by atoms with Gasteiger partial charge in [0, 0.05) is 18.5 Å². The van der Waals surface area contributed by atoms with Crippen LogP contribution in [0.4, 0.5) is 0 Å². The maximum atomic E-state index is 5.93. The highest BCUT2D eigenvalue weighted by Gasteiger charge is 2.29. The van der Waals surface area contributed by atoms with E-state index in [1.54, 1.807) is 0 Å². The summed E-state index contributed by atoms with van der Waals surface area (Å²) in [7, 11) is 0. The van der Waals surface area contributed by atoms with Crippen LogP contribution in [-0.4, -0.2) is 34.2 Å². The first-order chi connectivity index (χ1) is 7.81. The summed E-state index contributed by atoms with van der Waals surface area (Å²) in [6.07, 6.45) is 4.74. The van der Waals surface area contributed by atoms with E-state index in [2.05, 4.69) is 15.0 Å². The lowest BCUT2D eigenvalue weighted by atomic mass is 10.1. The van der Waals surface area contributed by atoms with Gasteiger partial charge in [0.25, 0.3) is 0 Å². The van der Waals surface area contributed by atoms with Crippen LogP contribution in [0.2, 0.25) is 0 Å². The molecule has 6 heteroatoms. The number of rotatable bonds is 3. The van der Waals surface area contributed by atoms with Crippen LogP contribution >= 0.6 is 12.4 Å². The van der Waals surface area contributed by atoms with Crippen LogP contribution in [0, 0.1) is 0 Å². The topological polar surface area (TPSA) is 68.2 Å². The molecule has 1 aromatic rings. The highest BCUT2D eigenvalue weighted by Crippen LogP contribution is 2.38. The quantitative estimate of drug-likeness (QED) is 0.885. The van der Waals surface area contributed by atoms with Crippen molar-refractivity contribution in [2.45, 2.75) is 44.2 Å². The second-order valence-corrected chi connectivity index (χ2v) is 4.96. The van der Waals surface area contributed by atoms with E-state index in [4.69, 9.17) is 10.3 Å². The van der Waals surface area contributed by atoms with E-state index in [0.29, 0.717) is 12.0 Å². The summed E-state index contributed by atoms with van der Waals surface area (Å²) in [4.78, 5) is 6.74. The third-order valence-corrected chi connectivity index (χ3v) is 3.33. The van der Waals surface area contributed by atoms with Crippen LogP contribution in [0.1, 0.15) is 43.3 Å². The number of nitrogens with two attached hydrogens (primary N) is 1. The van der Waals surface area contributed by atoms with Gasteiger partial charge in [-0.25, -0.2) is 0 Å². The van der Waals surface area contributed by atoms with Crippen LogP contribution in [0.3, 0.4) is 0 Å². The van der Waals surface area contributed by atoms with Crippen molar-refractivity contribution in [1.82, 2.24) is 15.0 Å². The molecule has 2 N–H and O–H groups in total. The Morgan fingerprint density at radius 3 is 2.88 bits per heavy atom. The van der Waals surface area contributed by atoms with E-state index in [9.17, 15) is 0 Å². The number of nitrogens with zero attached hydrogens (tertiary/aromatic N) is 3. The molecule has 1 saturated heterocycles. The van der Waals surface area contributed by atoms with Gasteiger partial charge in [-0.05, 0) is 32.2 Å². The molecule has 1 saturated carbocycles. The average Bonchev–Trinajstić information content (AvgIpc) is 3.01. The Labute approximate surface area is 107 Å². The van der Waals surface area contributed by atoms with Crippen molar-refractivity contribution in [1.29, 1.82) is 0 Å². The molecule has 17 heavy (non-hydrogen) atoms. The van der Waals surface area contributed by atoms with Gasteiger partial charge in [-0.2, -0.15) is 4.98 Å². The zero-order chi connectivity index (χ0) is 11.0. The first kappa shape index (κ1) is 12.8. The molecule has 0 unspecified atom stereocenters. The van der Waals surface area contributed by atoms with E-state index in [0.717, 1.165) is 37.8 Å². The molecule has 1 atom stereocenters. The van der Waals surface area contributed by atoms with Crippen LogP contribution in [0.15, 0.2) is 4.52 Å². The van der Waals surface area contributed by atoms with Crippen molar-refractivity contribution < 1.29 is 4.52 Å². The molecule has 5 nitrogen and oxygen atoms in total. The zero-order valence-electron chi connectivity index (χ0n) is 9.84. The molecule has 1 aliphatic heterocycles. The zero-order valence-corrected chi connectivity index (χ0v) is 10.7. The van der Waals surface area contributed by atoms with Crippen molar-refractivity contribution in [2.24, 2.45) is 5.73 Å². The van der Waals surface area contributed by atoms with E-state index in [-0.39, 0.29) is 12.4 Å². The predicted octanol–water partition coefficient (Wildman–Crippen LogP) is 1.29. The second-order valence-electron chi connectivity index (χ2n) is 4.96. The van der Waals surface area contributed by atoms with Gasteiger partial charge in [-0.1, -0.05) is 5.16 Å². The van der Waals surface area contributed by atoms with E-state index in [1.807, 2.05) is 0 Å². The van der Waals surface area contributed by atoms with Crippen molar-refractivity contribution in [3.8, 4) is 0 Å². The molecule has 96 valence electrons. The first-order valence-electron chi connectivity index (χ1n) is 6.11. The van der Waals surface area contributed by atoms with E-state index in [1.165, 1.54) is 19.3 Å². The van der Waals surface area contributed by atoms with Gasteiger partial charge in [0.2, 0.25) is 5.89 Å². The summed E-state index contributed by atoms with van der Waals surface area (Å²) in [6.45, 7) is 2.80. The molecule has 3 rings (SSSR count). The number of hydrogen-bond donors (Lipinski definition) is 1. The molecule has 2 aliphatic rings. The summed E-state index contributed by atoms with van der Waals surface area (Å²) >= 11 is 0. The van der Waals surface area contributed by atoms with E-state index >= 15 is 0 Å². The van der Waals surface area contributed by atoms with Crippen molar-refractivity contribution in [3.05, 3.63) is 11.7 Å².